The highest BCUT2D eigenvalue weighted by molar-refractivity contribution is 5.87. The van der Waals surface area contributed by atoms with E-state index in [-0.39, 0.29) is 23.7 Å². The van der Waals surface area contributed by atoms with Crippen LogP contribution in [0.1, 0.15) is 39.5 Å². The van der Waals surface area contributed by atoms with Crippen molar-refractivity contribution in [1.82, 2.24) is 0 Å². The lowest BCUT2D eigenvalue weighted by molar-refractivity contribution is -0.180. The van der Waals surface area contributed by atoms with E-state index in [4.69, 9.17) is 4.74 Å². The molecule has 1 saturated carbocycles. The molecule has 1 N–H and O–H groups in total. The molecule has 1 aliphatic carbocycles. The molecule has 16 heavy (non-hydrogen) atoms. The monoisotopic (exact) mass is 226 g/mol. The SMILES string of the molecule is CC(C)C1CC(C(=O)O)(C2CCC2)OC1=O. The number of carbonyl (C=O) groups excluding carboxylic acids is 1. The van der Waals surface area contributed by atoms with Crippen molar-refractivity contribution >= 4 is 11.9 Å². The van der Waals surface area contributed by atoms with Gasteiger partial charge < -0.3 is 9.84 Å². The maximum Gasteiger partial charge on any atom is 0.348 e. The first-order valence-corrected chi connectivity index (χ1v) is 5.93. The second kappa shape index (κ2) is 3.75. The molecule has 2 fully saturated rings. The van der Waals surface area contributed by atoms with Crippen LogP contribution in [0.4, 0.5) is 0 Å². The molecule has 1 heterocycles. The number of carboxylic acids is 1. The van der Waals surface area contributed by atoms with Crippen LogP contribution < -0.4 is 0 Å². The number of hydrogen-bond acceptors (Lipinski definition) is 3. The van der Waals surface area contributed by atoms with Crippen molar-refractivity contribution in [1.29, 1.82) is 0 Å². The molecule has 0 aromatic carbocycles. The van der Waals surface area contributed by atoms with Crippen molar-refractivity contribution in [3.63, 3.8) is 0 Å². The zero-order valence-electron chi connectivity index (χ0n) is 9.73. The molecular formula is C12H18O4. The molecule has 4 nitrogen and oxygen atoms in total. The number of ether oxygens (including phenoxy) is 1. The van der Waals surface area contributed by atoms with Crippen LogP contribution in [-0.4, -0.2) is 22.6 Å². The fraction of sp³-hybridized carbons (Fsp3) is 0.833. The van der Waals surface area contributed by atoms with Crippen LogP contribution in [0.25, 0.3) is 0 Å². The molecule has 2 aliphatic rings. The summed E-state index contributed by atoms with van der Waals surface area (Å²) in [6.07, 6.45) is 3.13. The Morgan fingerprint density at radius 1 is 1.50 bits per heavy atom. The highest BCUT2D eigenvalue weighted by Crippen LogP contribution is 2.47. The minimum Gasteiger partial charge on any atom is -0.478 e. The Hall–Kier alpha value is -1.06. The minimum atomic E-state index is -1.22. The molecule has 0 aromatic rings. The average molecular weight is 226 g/mol. The summed E-state index contributed by atoms with van der Waals surface area (Å²) in [4.78, 5) is 23.1. The van der Waals surface area contributed by atoms with Gasteiger partial charge in [-0.15, -0.1) is 0 Å². The highest BCUT2D eigenvalue weighted by Gasteiger charge is 2.58. The van der Waals surface area contributed by atoms with Gasteiger partial charge in [-0.25, -0.2) is 4.79 Å². The topological polar surface area (TPSA) is 63.6 Å². The molecule has 0 spiro atoms. The first kappa shape index (κ1) is 11.4. The smallest absolute Gasteiger partial charge is 0.348 e. The predicted molar refractivity (Wildman–Crippen MR) is 56.7 cm³/mol. The van der Waals surface area contributed by atoms with E-state index in [1.165, 1.54) is 0 Å². The Balaban J connectivity index is 2.23. The molecule has 2 atom stereocenters. The summed E-state index contributed by atoms with van der Waals surface area (Å²) in [6.45, 7) is 3.87. The average Bonchev–Trinajstić information content (AvgIpc) is 2.41. The maximum absolute atomic E-state index is 11.7. The van der Waals surface area contributed by atoms with Gasteiger partial charge in [-0.3, -0.25) is 4.79 Å². The van der Waals surface area contributed by atoms with Crippen molar-refractivity contribution in [2.75, 3.05) is 0 Å². The molecule has 0 aromatic heterocycles. The van der Waals surface area contributed by atoms with Crippen LogP contribution in [-0.2, 0) is 14.3 Å². The van der Waals surface area contributed by atoms with Crippen LogP contribution in [0.3, 0.4) is 0 Å². The Labute approximate surface area is 95.0 Å². The molecule has 4 heteroatoms. The van der Waals surface area contributed by atoms with Crippen molar-refractivity contribution in [3.8, 4) is 0 Å². The molecule has 0 amide bonds. The molecule has 1 aliphatic heterocycles. The largest absolute Gasteiger partial charge is 0.478 e. The van der Waals surface area contributed by atoms with E-state index in [1.54, 1.807) is 0 Å². The quantitative estimate of drug-likeness (QED) is 0.746. The third-order valence-electron chi connectivity index (χ3n) is 4.04. The van der Waals surface area contributed by atoms with E-state index < -0.39 is 11.6 Å². The van der Waals surface area contributed by atoms with Gasteiger partial charge in [-0.1, -0.05) is 20.3 Å². The third-order valence-corrected chi connectivity index (χ3v) is 4.04. The summed E-state index contributed by atoms with van der Waals surface area (Å²) in [5, 5.41) is 9.34. The summed E-state index contributed by atoms with van der Waals surface area (Å²) < 4.78 is 5.25. The summed E-state index contributed by atoms with van der Waals surface area (Å²) in [5.74, 6) is -1.37. The highest BCUT2D eigenvalue weighted by atomic mass is 16.6. The minimum absolute atomic E-state index is 0.0256. The Kier molecular flexibility index (Phi) is 2.68. The number of aliphatic carboxylic acids is 1. The van der Waals surface area contributed by atoms with Gasteiger partial charge in [-0.05, 0) is 18.8 Å². The lowest BCUT2D eigenvalue weighted by Gasteiger charge is -2.37. The maximum atomic E-state index is 11.7. The lowest BCUT2D eigenvalue weighted by atomic mass is 9.69. The van der Waals surface area contributed by atoms with Crippen molar-refractivity contribution in [2.45, 2.75) is 45.1 Å². The van der Waals surface area contributed by atoms with Gasteiger partial charge in [0.05, 0.1) is 5.92 Å². The van der Waals surface area contributed by atoms with E-state index in [9.17, 15) is 14.7 Å². The van der Waals surface area contributed by atoms with Crippen LogP contribution in [0.15, 0.2) is 0 Å². The number of rotatable bonds is 3. The van der Waals surface area contributed by atoms with E-state index in [1.807, 2.05) is 13.8 Å². The first-order valence-electron chi connectivity index (χ1n) is 5.93. The van der Waals surface area contributed by atoms with Gasteiger partial charge in [0.15, 0.2) is 0 Å². The fourth-order valence-corrected chi connectivity index (χ4v) is 2.64. The van der Waals surface area contributed by atoms with Gasteiger partial charge >= 0.3 is 11.9 Å². The van der Waals surface area contributed by atoms with Gasteiger partial charge in [-0.2, -0.15) is 0 Å². The third kappa shape index (κ3) is 1.51. The van der Waals surface area contributed by atoms with E-state index in [0.29, 0.717) is 6.42 Å². The fourth-order valence-electron chi connectivity index (χ4n) is 2.64. The molecular weight excluding hydrogens is 208 g/mol. The molecule has 1 saturated heterocycles. The van der Waals surface area contributed by atoms with Gasteiger partial charge in [0.1, 0.15) is 0 Å². The Morgan fingerprint density at radius 3 is 2.44 bits per heavy atom. The van der Waals surface area contributed by atoms with E-state index in [0.717, 1.165) is 19.3 Å². The molecule has 90 valence electrons. The second-order valence-corrected chi connectivity index (χ2v) is 5.30. The van der Waals surface area contributed by atoms with Crippen LogP contribution in [0, 0.1) is 17.8 Å². The lowest BCUT2D eigenvalue weighted by Crippen LogP contribution is -2.48. The second-order valence-electron chi connectivity index (χ2n) is 5.30. The zero-order valence-corrected chi connectivity index (χ0v) is 9.73. The standard InChI is InChI=1S/C12H18O4/c1-7(2)9-6-12(11(14)15,16-10(9)13)8-4-3-5-8/h7-9H,3-6H2,1-2H3,(H,14,15). The van der Waals surface area contributed by atoms with Crippen LogP contribution in [0.5, 0.6) is 0 Å². The van der Waals surface area contributed by atoms with Crippen LogP contribution >= 0.6 is 0 Å². The molecule has 0 radical (unpaired) electrons. The van der Waals surface area contributed by atoms with E-state index in [2.05, 4.69) is 0 Å². The molecule has 0 bridgehead atoms. The van der Waals surface area contributed by atoms with Gasteiger partial charge in [0, 0.05) is 12.3 Å². The Bertz CT molecular complexity index is 319. The Morgan fingerprint density at radius 2 is 2.12 bits per heavy atom. The zero-order chi connectivity index (χ0) is 11.9. The number of hydrogen-bond donors (Lipinski definition) is 1. The number of esters is 1. The van der Waals surface area contributed by atoms with Gasteiger partial charge in [0.25, 0.3) is 0 Å². The predicted octanol–water partition coefficient (Wildman–Crippen LogP) is 1.83. The molecule has 2 rings (SSSR count). The first-order chi connectivity index (χ1) is 7.47. The summed E-state index contributed by atoms with van der Waals surface area (Å²) >= 11 is 0. The van der Waals surface area contributed by atoms with Crippen molar-refractivity contribution in [2.24, 2.45) is 17.8 Å². The van der Waals surface area contributed by atoms with Crippen LogP contribution in [0.2, 0.25) is 0 Å². The normalized spacial score (nSPS) is 34.9. The summed E-state index contributed by atoms with van der Waals surface area (Å²) in [6, 6.07) is 0. The summed E-state index contributed by atoms with van der Waals surface area (Å²) in [7, 11) is 0. The van der Waals surface area contributed by atoms with Gasteiger partial charge in [0.2, 0.25) is 5.60 Å². The van der Waals surface area contributed by atoms with E-state index >= 15 is 0 Å². The number of cyclic esters (lactones) is 1. The molecule has 2 unspecified atom stereocenters. The number of carbonyl (C=O) groups is 2. The summed E-state index contributed by atoms with van der Waals surface area (Å²) in [5.41, 5.74) is -1.22. The van der Waals surface area contributed by atoms with Crippen molar-refractivity contribution < 1.29 is 19.4 Å². The van der Waals surface area contributed by atoms with Crippen molar-refractivity contribution in [3.05, 3.63) is 0 Å². The number of carboxylic acid groups (broad SMARTS) is 1.